The van der Waals surface area contributed by atoms with Crippen molar-refractivity contribution in [2.45, 2.75) is 116 Å². The minimum Gasteiger partial charge on any atom is -0.481 e. The molecule has 5 rings (SSSR count). The molecular weight excluding hydrogens is 496 g/mol. The highest BCUT2D eigenvalue weighted by Crippen LogP contribution is 2.65. The van der Waals surface area contributed by atoms with Crippen molar-refractivity contribution < 1.29 is 29.4 Å². The van der Waals surface area contributed by atoms with Gasteiger partial charge in [-0.05, 0) is 119 Å². The third-order valence-electron chi connectivity index (χ3n) is 11.3. The minimum atomic E-state index is -0.927. The summed E-state index contributed by atoms with van der Waals surface area (Å²) in [5, 5.41) is 27.3. The first-order chi connectivity index (χ1) is 18.4. The Morgan fingerprint density at radius 2 is 1.90 bits per heavy atom. The molecule has 0 aromatic carbocycles. The van der Waals surface area contributed by atoms with Gasteiger partial charge in [0.15, 0.2) is 6.61 Å². The highest BCUT2D eigenvalue weighted by molar-refractivity contribution is 5.96. The molecule has 4 aliphatic carbocycles. The number of hydrogen-bond donors (Lipinski definition) is 3. The topological polar surface area (TPSA) is 117 Å². The molecule has 3 N–H and O–H groups in total. The van der Waals surface area contributed by atoms with Crippen LogP contribution in [-0.4, -0.2) is 58.8 Å². The van der Waals surface area contributed by atoms with Crippen LogP contribution in [0.3, 0.4) is 0 Å². The van der Waals surface area contributed by atoms with Gasteiger partial charge in [-0.25, -0.2) is 0 Å². The highest BCUT2D eigenvalue weighted by atomic mass is 16.6. The maximum atomic E-state index is 12.7. The second kappa shape index (κ2) is 10.8. The van der Waals surface area contributed by atoms with Crippen molar-refractivity contribution >= 4 is 17.6 Å². The molecule has 1 aliphatic heterocycles. The molecule has 8 unspecified atom stereocenters. The number of aliphatic carboxylic acids is 1. The van der Waals surface area contributed by atoms with Gasteiger partial charge in [-0.15, -0.1) is 0 Å². The van der Waals surface area contributed by atoms with Crippen molar-refractivity contribution in [1.29, 1.82) is 0 Å². The second-order valence-corrected chi connectivity index (χ2v) is 14.1. The zero-order chi connectivity index (χ0) is 28.0. The fourth-order valence-electron chi connectivity index (χ4n) is 9.18. The molecule has 0 aromatic rings. The average Bonchev–Trinajstić information content (AvgIpc) is 3.17. The summed E-state index contributed by atoms with van der Waals surface area (Å²) in [6.45, 7) is 9.10. The Hall–Kier alpha value is -1.93. The molecule has 1 heterocycles. The van der Waals surface area contributed by atoms with Crippen LogP contribution in [0.2, 0.25) is 0 Å². The third-order valence-corrected chi connectivity index (χ3v) is 11.3. The SMILES string of the molecule is CC1(C)CC(C(CC(=O)O)NC(=O)CON=C2C=C3CCC4C(CCC5(C)C(O)CCC45)C3(C)CC2)CCO1. The van der Waals surface area contributed by atoms with E-state index in [0.717, 1.165) is 50.7 Å². The van der Waals surface area contributed by atoms with Gasteiger partial charge in [0.1, 0.15) is 0 Å². The quantitative estimate of drug-likeness (QED) is 0.395. The first-order valence-corrected chi connectivity index (χ1v) is 15.1. The lowest BCUT2D eigenvalue weighted by atomic mass is 9.47. The molecule has 8 atom stereocenters. The normalized spacial score (nSPS) is 41.0. The standard InChI is InChI=1S/C31H48N2O6/c1-29(2)17-19(11-14-38-29)25(16-28(36)37)32-27(35)18-39-33-21-9-12-30(3)20(15-21)5-6-22-23-7-8-26(34)31(23,4)13-10-24(22)30/h15,19,22-26,34H,5-14,16-18H2,1-4H3,(H,32,35)(H,36,37). The molecule has 1 amide bonds. The third kappa shape index (κ3) is 5.65. The molecule has 0 spiro atoms. The number of carboxylic acids is 1. The lowest BCUT2D eigenvalue weighted by molar-refractivity contribution is -0.139. The first-order valence-electron chi connectivity index (χ1n) is 15.1. The van der Waals surface area contributed by atoms with E-state index >= 15 is 0 Å². The summed E-state index contributed by atoms with van der Waals surface area (Å²) in [5.74, 6) is 0.772. The molecule has 39 heavy (non-hydrogen) atoms. The lowest BCUT2D eigenvalue weighted by Gasteiger charge is -2.57. The van der Waals surface area contributed by atoms with Crippen LogP contribution in [0.1, 0.15) is 98.3 Å². The van der Waals surface area contributed by atoms with E-state index < -0.39 is 12.0 Å². The number of nitrogens with one attached hydrogen (secondary N) is 1. The van der Waals surface area contributed by atoms with Crippen LogP contribution in [-0.2, 0) is 19.2 Å². The molecule has 218 valence electrons. The molecule has 8 nitrogen and oxygen atoms in total. The van der Waals surface area contributed by atoms with E-state index in [1.807, 2.05) is 13.8 Å². The predicted molar refractivity (Wildman–Crippen MR) is 148 cm³/mol. The van der Waals surface area contributed by atoms with Crippen LogP contribution in [0.15, 0.2) is 16.8 Å². The Morgan fingerprint density at radius 3 is 2.64 bits per heavy atom. The first kappa shape index (κ1) is 28.6. The van der Waals surface area contributed by atoms with Crippen LogP contribution in [0.25, 0.3) is 0 Å². The van der Waals surface area contributed by atoms with Crippen molar-refractivity contribution in [2.75, 3.05) is 13.2 Å². The van der Waals surface area contributed by atoms with Crippen molar-refractivity contribution in [3.05, 3.63) is 11.6 Å². The van der Waals surface area contributed by atoms with E-state index in [1.165, 1.54) is 18.4 Å². The Labute approximate surface area is 233 Å². The maximum absolute atomic E-state index is 12.7. The van der Waals surface area contributed by atoms with E-state index in [-0.39, 0.29) is 47.4 Å². The zero-order valence-corrected chi connectivity index (χ0v) is 24.2. The Kier molecular flexibility index (Phi) is 7.92. The molecular formula is C31H48N2O6. The number of aliphatic hydroxyl groups is 1. The van der Waals surface area contributed by atoms with Crippen molar-refractivity contribution in [2.24, 2.45) is 39.7 Å². The smallest absolute Gasteiger partial charge is 0.305 e. The Bertz CT molecular complexity index is 1020. The monoisotopic (exact) mass is 544 g/mol. The van der Waals surface area contributed by atoms with E-state index in [0.29, 0.717) is 30.8 Å². The number of oxime groups is 1. The zero-order valence-electron chi connectivity index (χ0n) is 24.2. The van der Waals surface area contributed by atoms with E-state index in [1.54, 1.807) is 0 Å². The van der Waals surface area contributed by atoms with Crippen LogP contribution >= 0.6 is 0 Å². The Balaban J connectivity index is 1.18. The number of rotatable bonds is 7. The number of hydrogen-bond acceptors (Lipinski definition) is 6. The van der Waals surface area contributed by atoms with Gasteiger partial charge < -0.3 is 25.1 Å². The van der Waals surface area contributed by atoms with Crippen LogP contribution < -0.4 is 5.32 Å². The molecule has 4 fully saturated rings. The number of allylic oxidation sites excluding steroid dienone is 2. The summed E-state index contributed by atoms with van der Waals surface area (Å²) in [6, 6.07) is -0.458. The summed E-state index contributed by atoms with van der Waals surface area (Å²) in [7, 11) is 0. The van der Waals surface area contributed by atoms with E-state index in [2.05, 4.69) is 30.4 Å². The molecule has 3 saturated carbocycles. The average molecular weight is 545 g/mol. The van der Waals surface area contributed by atoms with E-state index in [9.17, 15) is 19.8 Å². The molecule has 0 radical (unpaired) electrons. The van der Waals surface area contributed by atoms with Gasteiger partial charge >= 0.3 is 5.97 Å². The van der Waals surface area contributed by atoms with Crippen molar-refractivity contribution in [3.63, 3.8) is 0 Å². The number of nitrogens with zero attached hydrogens (tertiary/aromatic N) is 1. The minimum absolute atomic E-state index is 0.0427. The summed E-state index contributed by atoms with van der Waals surface area (Å²) in [6.07, 6.45) is 11.9. The number of fused-ring (bicyclic) bond motifs is 5. The molecule has 0 bridgehead atoms. The van der Waals surface area contributed by atoms with Gasteiger partial charge in [0.05, 0.1) is 23.8 Å². The molecule has 5 aliphatic rings. The summed E-state index contributed by atoms with van der Waals surface area (Å²) >= 11 is 0. The summed E-state index contributed by atoms with van der Waals surface area (Å²) in [4.78, 5) is 29.7. The fraction of sp³-hybridized carbons (Fsp3) is 0.839. The molecule has 8 heteroatoms. The van der Waals surface area contributed by atoms with Gasteiger partial charge in [-0.3, -0.25) is 9.59 Å². The van der Waals surface area contributed by atoms with Crippen LogP contribution in [0.5, 0.6) is 0 Å². The van der Waals surface area contributed by atoms with Crippen molar-refractivity contribution in [1.82, 2.24) is 5.32 Å². The van der Waals surface area contributed by atoms with Crippen LogP contribution in [0.4, 0.5) is 0 Å². The van der Waals surface area contributed by atoms with E-state index in [4.69, 9.17) is 9.57 Å². The fourth-order valence-corrected chi connectivity index (χ4v) is 9.18. The van der Waals surface area contributed by atoms with Gasteiger partial charge in [-0.1, -0.05) is 24.6 Å². The molecule has 0 aromatic heterocycles. The predicted octanol–water partition coefficient (Wildman–Crippen LogP) is 4.85. The summed E-state index contributed by atoms with van der Waals surface area (Å²) in [5.41, 5.74) is 2.30. The van der Waals surface area contributed by atoms with Gasteiger partial charge in [0.25, 0.3) is 5.91 Å². The largest absolute Gasteiger partial charge is 0.481 e. The maximum Gasteiger partial charge on any atom is 0.305 e. The van der Waals surface area contributed by atoms with Gasteiger partial charge in [0, 0.05) is 12.6 Å². The number of aliphatic hydroxyl groups excluding tert-OH is 1. The van der Waals surface area contributed by atoms with Gasteiger partial charge in [-0.2, -0.15) is 0 Å². The molecule has 1 saturated heterocycles. The number of amides is 1. The van der Waals surface area contributed by atoms with Crippen LogP contribution in [0, 0.1) is 34.5 Å². The Morgan fingerprint density at radius 1 is 1.10 bits per heavy atom. The summed E-state index contributed by atoms with van der Waals surface area (Å²) < 4.78 is 5.77. The number of ether oxygens (including phenoxy) is 1. The number of carbonyl (C=O) groups is 2. The van der Waals surface area contributed by atoms with Gasteiger partial charge in [0.2, 0.25) is 0 Å². The number of carbonyl (C=O) groups excluding carboxylic acids is 1. The second-order valence-electron chi connectivity index (χ2n) is 14.1. The van der Waals surface area contributed by atoms with Crippen molar-refractivity contribution in [3.8, 4) is 0 Å². The highest BCUT2D eigenvalue weighted by Gasteiger charge is 2.58. The number of carboxylic acid groups (broad SMARTS) is 1. The lowest BCUT2D eigenvalue weighted by Crippen LogP contribution is -2.51.